The van der Waals surface area contributed by atoms with Crippen LogP contribution in [0.4, 0.5) is 0 Å². The van der Waals surface area contributed by atoms with Gasteiger partial charge >= 0.3 is 0 Å². The van der Waals surface area contributed by atoms with Gasteiger partial charge in [0.15, 0.2) is 0 Å². The quantitative estimate of drug-likeness (QED) is 0.354. The summed E-state index contributed by atoms with van der Waals surface area (Å²) in [5, 5.41) is 1.35. The van der Waals surface area contributed by atoms with Gasteiger partial charge < -0.3 is 4.79 Å². The van der Waals surface area contributed by atoms with Crippen molar-refractivity contribution < 1.29 is 13.2 Å². The van der Waals surface area contributed by atoms with Crippen molar-refractivity contribution in [1.82, 2.24) is 0 Å². The first-order valence-electron chi connectivity index (χ1n) is 8.03. The second-order valence-corrected chi connectivity index (χ2v) is 6.41. The van der Waals surface area contributed by atoms with Crippen LogP contribution in [0.15, 0.2) is 0 Å². The summed E-state index contributed by atoms with van der Waals surface area (Å²) in [5.74, 6) is 0.309. The molecule has 0 unspecified atom stereocenters. The van der Waals surface area contributed by atoms with Crippen LogP contribution in [-0.4, -0.2) is 19.6 Å². The van der Waals surface area contributed by atoms with Crippen molar-refractivity contribution in [3.63, 3.8) is 0 Å². The summed E-state index contributed by atoms with van der Waals surface area (Å²) < 4.78 is 20.5. The molecule has 0 fully saturated rings. The SMILES string of the molecule is CC(=O)CCCCCCCCCCCCCC=S(=O)=O. The molecule has 3 nitrogen and oxygen atoms in total. The van der Waals surface area contributed by atoms with Gasteiger partial charge in [-0.15, -0.1) is 0 Å². The first kappa shape index (κ1) is 19.4. The molecule has 0 aromatic rings. The minimum absolute atomic E-state index is 0.309. The zero-order chi connectivity index (χ0) is 15.1. The Labute approximate surface area is 125 Å². The van der Waals surface area contributed by atoms with Gasteiger partial charge in [0.2, 0.25) is 10.3 Å². The van der Waals surface area contributed by atoms with Gasteiger partial charge in [0, 0.05) is 11.8 Å². The van der Waals surface area contributed by atoms with Crippen molar-refractivity contribution in [2.24, 2.45) is 0 Å². The van der Waals surface area contributed by atoms with E-state index in [0.717, 1.165) is 25.7 Å². The Bertz CT molecular complexity index is 350. The Morgan fingerprint density at radius 2 is 1.15 bits per heavy atom. The zero-order valence-electron chi connectivity index (χ0n) is 12.9. The van der Waals surface area contributed by atoms with E-state index in [1.165, 1.54) is 56.7 Å². The number of ketones is 1. The second-order valence-electron chi connectivity index (χ2n) is 5.56. The summed E-state index contributed by atoms with van der Waals surface area (Å²) in [7, 11) is -1.98. The van der Waals surface area contributed by atoms with Gasteiger partial charge in [-0.25, -0.2) is 0 Å². The minimum Gasteiger partial charge on any atom is -0.300 e. The highest BCUT2D eigenvalue weighted by Crippen LogP contribution is 2.12. The molecular weight excluding hydrogens is 272 g/mol. The summed E-state index contributed by atoms with van der Waals surface area (Å²) in [4.78, 5) is 10.7. The van der Waals surface area contributed by atoms with Crippen LogP contribution in [-0.2, 0) is 15.1 Å². The van der Waals surface area contributed by atoms with E-state index in [1.54, 1.807) is 6.92 Å². The Balaban J connectivity index is 3.06. The fraction of sp³-hybridized carbons (Fsp3) is 0.875. The third kappa shape index (κ3) is 17.4. The Morgan fingerprint density at radius 1 is 0.750 bits per heavy atom. The summed E-state index contributed by atoms with van der Waals surface area (Å²) in [6, 6.07) is 0. The monoisotopic (exact) mass is 302 g/mol. The maximum atomic E-state index is 10.7. The molecule has 0 aromatic heterocycles. The normalized spacial score (nSPS) is 10.4. The summed E-state index contributed by atoms with van der Waals surface area (Å²) >= 11 is 0. The molecule has 0 radical (unpaired) electrons. The van der Waals surface area contributed by atoms with Crippen LogP contribution in [0.25, 0.3) is 0 Å². The average Bonchev–Trinajstić information content (AvgIpc) is 2.38. The number of unbranched alkanes of at least 4 members (excludes halogenated alkanes) is 11. The van der Waals surface area contributed by atoms with E-state index in [1.807, 2.05) is 0 Å². The van der Waals surface area contributed by atoms with E-state index >= 15 is 0 Å². The lowest BCUT2D eigenvalue weighted by atomic mass is 10.0. The average molecular weight is 302 g/mol. The van der Waals surface area contributed by atoms with Gasteiger partial charge in [0.1, 0.15) is 5.78 Å². The number of rotatable bonds is 14. The highest BCUT2D eigenvalue weighted by Gasteiger charge is 1.95. The number of hydrogen-bond donors (Lipinski definition) is 0. The molecule has 0 atom stereocenters. The maximum absolute atomic E-state index is 10.7. The van der Waals surface area contributed by atoms with Crippen LogP contribution >= 0.6 is 0 Å². The van der Waals surface area contributed by atoms with E-state index in [-0.39, 0.29) is 0 Å². The van der Waals surface area contributed by atoms with Crippen LogP contribution < -0.4 is 0 Å². The summed E-state index contributed by atoms with van der Waals surface area (Å²) in [6.45, 7) is 1.66. The highest BCUT2D eigenvalue weighted by molar-refractivity contribution is 7.71. The van der Waals surface area contributed by atoms with Gasteiger partial charge in [-0.05, 0) is 26.2 Å². The number of hydrogen-bond acceptors (Lipinski definition) is 3. The molecule has 0 aliphatic carbocycles. The fourth-order valence-corrected chi connectivity index (χ4v) is 2.65. The van der Waals surface area contributed by atoms with E-state index in [0.29, 0.717) is 12.2 Å². The molecule has 0 heterocycles. The topological polar surface area (TPSA) is 51.2 Å². The molecule has 0 rings (SSSR count). The molecule has 0 bridgehead atoms. The fourth-order valence-electron chi connectivity index (χ4n) is 2.29. The van der Waals surface area contributed by atoms with E-state index in [2.05, 4.69) is 0 Å². The first-order chi connectivity index (χ1) is 9.63. The maximum Gasteiger partial charge on any atom is 0.209 e. The lowest BCUT2D eigenvalue weighted by Crippen LogP contribution is -1.89. The Kier molecular flexibility index (Phi) is 14.3. The summed E-state index contributed by atoms with van der Waals surface area (Å²) in [6.07, 6.45) is 14.8. The minimum atomic E-state index is -1.98. The predicted molar refractivity (Wildman–Crippen MR) is 85.7 cm³/mol. The molecular formula is C16H30O3S. The van der Waals surface area contributed by atoms with E-state index < -0.39 is 10.3 Å². The third-order valence-electron chi connectivity index (χ3n) is 3.49. The zero-order valence-corrected chi connectivity index (χ0v) is 13.7. The van der Waals surface area contributed by atoms with Crippen LogP contribution in [0.2, 0.25) is 0 Å². The third-order valence-corrected chi connectivity index (χ3v) is 3.99. The Hall–Kier alpha value is -0.640. The molecule has 0 amide bonds. The molecule has 0 aliphatic rings. The second kappa shape index (κ2) is 14.8. The molecule has 118 valence electrons. The van der Waals surface area contributed by atoms with Gasteiger partial charge in [0.25, 0.3) is 0 Å². The van der Waals surface area contributed by atoms with Crippen molar-refractivity contribution in [2.45, 2.75) is 90.4 Å². The molecule has 0 aliphatic heterocycles. The molecule has 0 aromatic carbocycles. The largest absolute Gasteiger partial charge is 0.300 e. The lowest BCUT2D eigenvalue weighted by molar-refractivity contribution is -0.117. The van der Waals surface area contributed by atoms with Crippen LogP contribution in [0.1, 0.15) is 90.4 Å². The molecule has 0 N–H and O–H groups in total. The predicted octanol–water partition coefficient (Wildman–Crippen LogP) is 4.33. The van der Waals surface area contributed by atoms with E-state index in [4.69, 9.17) is 0 Å². The van der Waals surface area contributed by atoms with Crippen molar-refractivity contribution in [3.05, 3.63) is 0 Å². The highest BCUT2D eigenvalue weighted by atomic mass is 32.2. The van der Waals surface area contributed by atoms with Crippen LogP contribution in [0.5, 0.6) is 0 Å². The van der Waals surface area contributed by atoms with Crippen LogP contribution in [0.3, 0.4) is 0 Å². The molecule has 0 spiro atoms. The molecule has 20 heavy (non-hydrogen) atoms. The van der Waals surface area contributed by atoms with Crippen molar-refractivity contribution in [1.29, 1.82) is 0 Å². The standard InChI is InChI=1S/C16H30O3S/c1-16(17)14-12-10-8-6-4-2-3-5-7-9-11-13-15-20(18)19/h15H,2-14H2,1H3. The molecule has 0 saturated carbocycles. The van der Waals surface area contributed by atoms with Crippen molar-refractivity contribution >= 4 is 21.4 Å². The number of Topliss-reactive ketones (excluding diaryl/α,β-unsaturated/α-hetero) is 1. The van der Waals surface area contributed by atoms with Crippen molar-refractivity contribution in [2.75, 3.05) is 0 Å². The van der Waals surface area contributed by atoms with E-state index in [9.17, 15) is 13.2 Å². The van der Waals surface area contributed by atoms with Crippen LogP contribution in [0, 0.1) is 0 Å². The smallest absolute Gasteiger partial charge is 0.209 e. The summed E-state index contributed by atoms with van der Waals surface area (Å²) in [5.41, 5.74) is 0. The van der Waals surface area contributed by atoms with Gasteiger partial charge in [-0.3, -0.25) is 0 Å². The lowest BCUT2D eigenvalue weighted by Gasteiger charge is -2.02. The van der Waals surface area contributed by atoms with Gasteiger partial charge in [-0.1, -0.05) is 57.8 Å². The van der Waals surface area contributed by atoms with Crippen molar-refractivity contribution in [3.8, 4) is 0 Å². The number of carbonyl (C=O) groups excluding carboxylic acids is 1. The molecule has 4 heteroatoms. The van der Waals surface area contributed by atoms with Gasteiger partial charge in [0.05, 0.1) is 0 Å². The van der Waals surface area contributed by atoms with Gasteiger partial charge in [-0.2, -0.15) is 8.42 Å². The number of carbonyl (C=O) groups is 1. The molecule has 0 saturated heterocycles. The Morgan fingerprint density at radius 3 is 1.55 bits per heavy atom. The first-order valence-corrected chi connectivity index (χ1v) is 9.17.